The van der Waals surface area contributed by atoms with Gasteiger partial charge in [0.25, 0.3) is 0 Å². The van der Waals surface area contributed by atoms with Crippen molar-refractivity contribution in [3.8, 4) is 0 Å². The summed E-state index contributed by atoms with van der Waals surface area (Å²) in [6, 6.07) is 24.3. The van der Waals surface area contributed by atoms with Crippen LogP contribution >= 0.6 is 0 Å². The van der Waals surface area contributed by atoms with Crippen LogP contribution in [0.25, 0.3) is 87.3 Å². The first-order chi connectivity index (χ1) is 21.3. The molecule has 0 unspecified atom stereocenters. The molecule has 0 N–H and O–H groups in total. The average molecular weight is 561 g/mol. The van der Waals surface area contributed by atoms with Gasteiger partial charge in [0.2, 0.25) is 0 Å². The first-order valence-corrected chi connectivity index (χ1v) is 13.3. The maximum Gasteiger partial charge on any atom is 0.0656 e. The Morgan fingerprint density at radius 3 is 1.79 bits per heavy atom. The van der Waals surface area contributed by atoms with Gasteiger partial charge in [-0.15, -0.1) is 0 Å². The standard InChI is InChI=1S/C31H20N12/c32-38-35-13-16-41-24-10-4-1-7-20(24)19-23-29(41)27-22-9-3-6-12-26(22)43(18-15-37-40-34)31(27)28-21-8-2-5-11-25(21)42(30(23)28)17-14-36-39-33/h1-18H,19H2/b16-13+,17-14+,18-15+. The van der Waals surface area contributed by atoms with E-state index in [2.05, 4.69) is 57.7 Å². The zero-order valence-electron chi connectivity index (χ0n) is 22.5. The summed E-state index contributed by atoms with van der Waals surface area (Å²) in [5.74, 6) is 0. The Bertz CT molecular complexity index is 2350. The van der Waals surface area contributed by atoms with Crippen LogP contribution in [0.4, 0.5) is 11.4 Å². The monoisotopic (exact) mass is 560 g/mol. The van der Waals surface area contributed by atoms with E-state index in [1.54, 1.807) is 18.6 Å². The highest BCUT2D eigenvalue weighted by atomic mass is 15.2. The Labute approximate surface area is 243 Å². The number of para-hydroxylation sites is 3. The van der Waals surface area contributed by atoms with Crippen LogP contribution in [0.3, 0.4) is 0 Å². The second-order valence-corrected chi connectivity index (χ2v) is 9.73. The van der Waals surface area contributed by atoms with E-state index < -0.39 is 0 Å². The van der Waals surface area contributed by atoms with E-state index in [4.69, 9.17) is 16.6 Å². The largest absolute Gasteiger partial charge is 0.316 e. The number of rotatable bonds is 6. The molecule has 0 radical (unpaired) electrons. The highest BCUT2D eigenvalue weighted by Crippen LogP contribution is 2.52. The van der Waals surface area contributed by atoms with Crippen molar-refractivity contribution in [3.05, 3.63) is 140 Å². The predicted molar refractivity (Wildman–Crippen MR) is 171 cm³/mol. The van der Waals surface area contributed by atoms with Crippen LogP contribution < -0.4 is 4.90 Å². The van der Waals surface area contributed by atoms with E-state index in [9.17, 15) is 0 Å². The van der Waals surface area contributed by atoms with Gasteiger partial charge in [-0.25, -0.2) is 0 Å². The number of aromatic nitrogens is 2. The van der Waals surface area contributed by atoms with Crippen LogP contribution in [0.1, 0.15) is 11.1 Å². The third kappa shape index (κ3) is 3.85. The topological polar surface area (TPSA) is 159 Å². The van der Waals surface area contributed by atoms with Crippen molar-refractivity contribution >= 4 is 67.4 Å². The van der Waals surface area contributed by atoms with Crippen LogP contribution in [0.2, 0.25) is 0 Å². The van der Waals surface area contributed by atoms with Crippen molar-refractivity contribution in [1.82, 2.24) is 9.13 Å². The van der Waals surface area contributed by atoms with E-state index >= 15 is 0 Å². The van der Waals surface area contributed by atoms with Crippen LogP contribution in [0.5, 0.6) is 0 Å². The molecule has 0 saturated heterocycles. The van der Waals surface area contributed by atoms with Gasteiger partial charge in [0.05, 0.1) is 27.8 Å². The van der Waals surface area contributed by atoms with Crippen molar-refractivity contribution in [2.75, 3.05) is 4.90 Å². The smallest absolute Gasteiger partial charge is 0.0656 e. The molecule has 0 atom stereocenters. The van der Waals surface area contributed by atoms with Crippen molar-refractivity contribution in [2.24, 2.45) is 15.3 Å². The highest BCUT2D eigenvalue weighted by Gasteiger charge is 2.31. The lowest BCUT2D eigenvalue weighted by atomic mass is 9.90. The molecule has 3 heterocycles. The lowest BCUT2D eigenvalue weighted by Gasteiger charge is -2.32. The molecule has 12 heteroatoms. The minimum atomic E-state index is 0.629. The normalized spacial score (nSPS) is 12.7. The van der Waals surface area contributed by atoms with E-state index in [-0.39, 0.29) is 0 Å². The molecule has 0 saturated carbocycles. The molecule has 2 aromatic heterocycles. The molecule has 0 bridgehead atoms. The fraction of sp³-hybridized carbons (Fsp3) is 0.0323. The summed E-state index contributed by atoms with van der Waals surface area (Å²) in [4.78, 5) is 10.8. The van der Waals surface area contributed by atoms with Crippen LogP contribution in [0.15, 0.2) is 113 Å². The minimum absolute atomic E-state index is 0.629. The predicted octanol–water partition coefficient (Wildman–Crippen LogP) is 10.2. The number of hydrogen-bond acceptors (Lipinski definition) is 4. The van der Waals surface area contributed by atoms with E-state index in [0.717, 1.165) is 66.1 Å². The molecular weight excluding hydrogens is 540 g/mol. The number of hydrogen-bond donors (Lipinski definition) is 0. The summed E-state index contributed by atoms with van der Waals surface area (Å²) in [6.45, 7) is 0. The first kappa shape index (κ1) is 25.4. The molecule has 1 aliphatic rings. The second-order valence-electron chi connectivity index (χ2n) is 9.73. The van der Waals surface area contributed by atoms with Gasteiger partial charge >= 0.3 is 0 Å². The summed E-state index contributed by atoms with van der Waals surface area (Å²) < 4.78 is 4.10. The Morgan fingerprint density at radius 1 is 0.605 bits per heavy atom. The van der Waals surface area contributed by atoms with Crippen molar-refractivity contribution in [3.63, 3.8) is 0 Å². The lowest BCUT2D eigenvalue weighted by Crippen LogP contribution is -2.19. The third-order valence-electron chi connectivity index (χ3n) is 7.73. The van der Waals surface area contributed by atoms with Gasteiger partial charge in [-0.3, -0.25) is 0 Å². The summed E-state index contributed by atoms with van der Waals surface area (Å²) in [6.07, 6.45) is 10.3. The van der Waals surface area contributed by atoms with Crippen LogP contribution in [-0.2, 0) is 6.42 Å². The van der Waals surface area contributed by atoms with Gasteiger partial charge in [0.1, 0.15) is 0 Å². The van der Waals surface area contributed by atoms with Crippen molar-refractivity contribution in [2.45, 2.75) is 6.42 Å². The van der Waals surface area contributed by atoms with E-state index in [0.29, 0.717) is 6.42 Å². The number of nitrogens with zero attached hydrogens (tertiary/aromatic N) is 12. The molecular formula is C31H20N12. The molecule has 12 nitrogen and oxygen atoms in total. The summed E-state index contributed by atoms with van der Waals surface area (Å²) >= 11 is 0. The van der Waals surface area contributed by atoms with Gasteiger partial charge in [-0.05, 0) is 40.4 Å². The molecule has 0 spiro atoms. The summed E-state index contributed by atoms with van der Waals surface area (Å²) in [7, 11) is 0. The third-order valence-corrected chi connectivity index (χ3v) is 7.73. The first-order valence-electron chi connectivity index (χ1n) is 13.3. The Kier molecular flexibility index (Phi) is 6.17. The fourth-order valence-corrected chi connectivity index (χ4v) is 6.29. The minimum Gasteiger partial charge on any atom is -0.316 e. The fourth-order valence-electron chi connectivity index (χ4n) is 6.29. The quantitative estimate of drug-likeness (QED) is 0.111. The number of fused-ring (bicyclic) bond motifs is 11. The van der Waals surface area contributed by atoms with Crippen molar-refractivity contribution < 1.29 is 0 Å². The number of azide groups is 3. The molecule has 1 aliphatic heterocycles. The van der Waals surface area contributed by atoms with E-state index in [1.165, 1.54) is 18.6 Å². The molecule has 7 rings (SSSR count). The molecule has 0 aliphatic carbocycles. The Hall–Kier alpha value is -6.57. The SMILES string of the molecule is [N-]=[N+]=N/C=C/N1c2ccccc2Cc2c1c1c3ccccc3n(/C=C/N=[N+]=[N-])c1c1c3ccccc3n(/C=C/N=[N+]=[N-])c21. The Balaban J connectivity index is 1.79. The lowest BCUT2D eigenvalue weighted by molar-refractivity contribution is 1.09. The van der Waals surface area contributed by atoms with Gasteiger partial charge < -0.3 is 14.0 Å². The van der Waals surface area contributed by atoms with E-state index in [1.807, 2.05) is 59.2 Å². The van der Waals surface area contributed by atoms with Crippen molar-refractivity contribution in [1.29, 1.82) is 0 Å². The molecule has 6 aromatic rings. The van der Waals surface area contributed by atoms with Gasteiger partial charge in [0, 0.05) is 91.2 Å². The molecule has 0 amide bonds. The summed E-state index contributed by atoms with van der Waals surface area (Å²) in [5, 5.41) is 15.1. The average Bonchev–Trinajstić information content (AvgIpc) is 3.54. The van der Waals surface area contributed by atoms with Gasteiger partial charge in [-0.1, -0.05) is 69.9 Å². The van der Waals surface area contributed by atoms with Gasteiger partial charge in [-0.2, -0.15) is 0 Å². The highest BCUT2D eigenvalue weighted by molar-refractivity contribution is 6.31. The van der Waals surface area contributed by atoms with Gasteiger partial charge in [0.15, 0.2) is 0 Å². The molecule has 0 fully saturated rings. The summed E-state index contributed by atoms with van der Waals surface area (Å²) in [5.41, 5.74) is 34.9. The van der Waals surface area contributed by atoms with Crippen LogP contribution in [0, 0.1) is 0 Å². The van der Waals surface area contributed by atoms with Crippen LogP contribution in [-0.4, -0.2) is 9.13 Å². The number of anilines is 2. The zero-order valence-corrected chi connectivity index (χ0v) is 22.5. The number of benzene rings is 4. The maximum absolute atomic E-state index is 9.06. The maximum atomic E-state index is 9.06. The molecule has 204 valence electrons. The Morgan fingerprint density at radius 2 is 1.14 bits per heavy atom. The zero-order chi connectivity index (χ0) is 29.3. The molecule has 43 heavy (non-hydrogen) atoms. The molecule has 4 aromatic carbocycles. The second kappa shape index (κ2) is 10.4.